The highest BCUT2D eigenvalue weighted by Crippen LogP contribution is 2.31. The van der Waals surface area contributed by atoms with E-state index in [4.69, 9.17) is 4.74 Å². The van der Waals surface area contributed by atoms with E-state index in [-0.39, 0.29) is 17.9 Å². The Morgan fingerprint density at radius 1 is 1.21 bits per heavy atom. The Labute approximate surface area is 136 Å². The quantitative estimate of drug-likeness (QED) is 0.863. The van der Waals surface area contributed by atoms with Crippen molar-refractivity contribution < 1.29 is 22.7 Å². The van der Waals surface area contributed by atoms with E-state index in [1.807, 2.05) is 6.07 Å². The van der Waals surface area contributed by atoms with Crippen LogP contribution in [-0.4, -0.2) is 35.0 Å². The zero-order chi connectivity index (χ0) is 17.2. The molecule has 0 aliphatic carbocycles. The number of nitrogens with zero attached hydrogens (tertiary/aromatic N) is 2. The van der Waals surface area contributed by atoms with Crippen molar-refractivity contribution in [3.05, 3.63) is 59.8 Å². The van der Waals surface area contributed by atoms with Gasteiger partial charge in [0.2, 0.25) is 5.88 Å². The van der Waals surface area contributed by atoms with Gasteiger partial charge >= 0.3 is 6.18 Å². The minimum atomic E-state index is -4.44. The molecule has 0 bridgehead atoms. The average molecular weight is 336 g/mol. The molecule has 0 N–H and O–H groups in total. The predicted octanol–water partition coefficient (Wildman–Crippen LogP) is 3.39. The van der Waals surface area contributed by atoms with E-state index < -0.39 is 11.7 Å². The molecule has 2 aromatic rings. The van der Waals surface area contributed by atoms with Gasteiger partial charge in [-0.25, -0.2) is 4.98 Å². The number of amides is 1. The highest BCUT2D eigenvalue weighted by Gasteiger charge is 2.32. The topological polar surface area (TPSA) is 42.4 Å². The van der Waals surface area contributed by atoms with Gasteiger partial charge in [0.25, 0.3) is 5.91 Å². The number of aromatic nitrogens is 1. The molecule has 2 heterocycles. The number of benzene rings is 1. The van der Waals surface area contributed by atoms with Crippen molar-refractivity contribution in [2.75, 3.05) is 13.1 Å². The van der Waals surface area contributed by atoms with Crippen LogP contribution in [0.3, 0.4) is 0 Å². The van der Waals surface area contributed by atoms with Crippen LogP contribution in [0.5, 0.6) is 5.88 Å². The second-order valence-corrected chi connectivity index (χ2v) is 5.53. The van der Waals surface area contributed by atoms with Crippen LogP contribution < -0.4 is 4.74 Å². The van der Waals surface area contributed by atoms with E-state index >= 15 is 0 Å². The van der Waals surface area contributed by atoms with Crippen LogP contribution >= 0.6 is 0 Å². The van der Waals surface area contributed by atoms with Crippen LogP contribution in [0.4, 0.5) is 13.2 Å². The predicted molar refractivity (Wildman–Crippen MR) is 80.6 cm³/mol. The first-order chi connectivity index (χ1) is 11.4. The van der Waals surface area contributed by atoms with Crippen LogP contribution in [0.2, 0.25) is 0 Å². The van der Waals surface area contributed by atoms with E-state index in [1.54, 1.807) is 29.2 Å². The number of rotatable bonds is 3. The fourth-order valence-corrected chi connectivity index (χ4v) is 2.59. The Hall–Kier alpha value is -2.57. The molecule has 1 aliphatic rings. The molecule has 7 heteroatoms. The summed E-state index contributed by atoms with van der Waals surface area (Å²) in [6.45, 7) is 0.822. The molecule has 1 amide bonds. The highest BCUT2D eigenvalue weighted by atomic mass is 19.4. The van der Waals surface area contributed by atoms with E-state index in [1.165, 1.54) is 0 Å². The minimum absolute atomic E-state index is 0.0798. The summed E-state index contributed by atoms with van der Waals surface area (Å²) in [5.41, 5.74) is -0.224. The fraction of sp³-hybridized carbons (Fsp3) is 0.294. The van der Waals surface area contributed by atoms with Gasteiger partial charge in [0.1, 0.15) is 6.10 Å². The van der Waals surface area contributed by atoms with Crippen LogP contribution in [0.25, 0.3) is 0 Å². The molecule has 1 fully saturated rings. The molecule has 0 saturated carbocycles. The summed E-state index contributed by atoms with van der Waals surface area (Å²) >= 11 is 0. The van der Waals surface area contributed by atoms with Gasteiger partial charge in [0.05, 0.1) is 12.1 Å². The zero-order valence-corrected chi connectivity index (χ0v) is 12.7. The number of alkyl halides is 3. The number of hydrogen-bond donors (Lipinski definition) is 0. The van der Waals surface area contributed by atoms with Crippen molar-refractivity contribution in [2.45, 2.75) is 18.7 Å². The molecule has 3 rings (SSSR count). The van der Waals surface area contributed by atoms with E-state index in [2.05, 4.69) is 4.98 Å². The number of halogens is 3. The van der Waals surface area contributed by atoms with Crippen LogP contribution in [-0.2, 0) is 6.18 Å². The van der Waals surface area contributed by atoms with Crippen molar-refractivity contribution in [1.29, 1.82) is 0 Å². The lowest BCUT2D eigenvalue weighted by Crippen LogP contribution is -2.31. The van der Waals surface area contributed by atoms with E-state index in [0.29, 0.717) is 25.1 Å². The van der Waals surface area contributed by atoms with Gasteiger partial charge < -0.3 is 9.64 Å². The largest absolute Gasteiger partial charge is 0.472 e. The molecule has 1 aliphatic heterocycles. The molecule has 126 valence electrons. The average Bonchev–Trinajstić information content (AvgIpc) is 3.03. The molecule has 1 unspecified atom stereocenters. The summed E-state index contributed by atoms with van der Waals surface area (Å²) in [6.07, 6.45) is -3.18. The third kappa shape index (κ3) is 3.67. The number of ether oxygens (including phenoxy) is 1. The summed E-state index contributed by atoms with van der Waals surface area (Å²) in [5.74, 6) is -0.192. The monoisotopic (exact) mass is 336 g/mol. The normalized spacial score (nSPS) is 17.8. The molecule has 4 nitrogen and oxygen atoms in total. The number of carbonyl (C=O) groups excluding carboxylic acids is 1. The lowest BCUT2D eigenvalue weighted by molar-refractivity contribution is -0.137. The second-order valence-electron chi connectivity index (χ2n) is 5.53. The summed E-state index contributed by atoms with van der Waals surface area (Å²) in [4.78, 5) is 17.8. The first-order valence-electron chi connectivity index (χ1n) is 7.48. The Morgan fingerprint density at radius 3 is 2.67 bits per heavy atom. The minimum Gasteiger partial charge on any atom is -0.472 e. The summed E-state index contributed by atoms with van der Waals surface area (Å²) < 4.78 is 43.6. The SMILES string of the molecule is O=C(c1ccccc1)N1CCC(Oc2cc(C(F)(F)F)ccn2)C1. The standard InChI is InChI=1S/C17H15F3N2O2/c18-17(19,20)13-6-8-21-15(10-13)24-14-7-9-22(11-14)16(23)12-4-2-1-3-5-12/h1-6,8,10,14H,7,9,11H2. The van der Waals surface area contributed by atoms with Crippen LogP contribution in [0.15, 0.2) is 48.7 Å². The first kappa shape index (κ1) is 16.3. The number of carbonyl (C=O) groups is 1. The Balaban J connectivity index is 1.64. The molecular formula is C17H15F3N2O2. The van der Waals surface area contributed by atoms with E-state index in [9.17, 15) is 18.0 Å². The number of likely N-dealkylation sites (tertiary alicyclic amines) is 1. The lowest BCUT2D eigenvalue weighted by atomic mass is 10.2. The molecular weight excluding hydrogens is 321 g/mol. The van der Waals surface area contributed by atoms with Gasteiger partial charge in [-0.1, -0.05) is 18.2 Å². The van der Waals surface area contributed by atoms with Crippen molar-refractivity contribution in [1.82, 2.24) is 9.88 Å². The van der Waals surface area contributed by atoms with Gasteiger partial charge in [-0.15, -0.1) is 0 Å². The molecule has 1 aromatic carbocycles. The van der Waals surface area contributed by atoms with Crippen LogP contribution in [0.1, 0.15) is 22.3 Å². The Morgan fingerprint density at radius 2 is 1.96 bits per heavy atom. The van der Waals surface area contributed by atoms with Gasteiger partial charge in [-0.3, -0.25) is 4.79 Å². The van der Waals surface area contributed by atoms with Crippen molar-refractivity contribution in [2.24, 2.45) is 0 Å². The number of pyridine rings is 1. The third-order valence-corrected chi connectivity index (χ3v) is 3.80. The highest BCUT2D eigenvalue weighted by molar-refractivity contribution is 5.94. The smallest absolute Gasteiger partial charge is 0.416 e. The first-order valence-corrected chi connectivity index (χ1v) is 7.48. The van der Waals surface area contributed by atoms with Gasteiger partial charge in [-0.05, 0) is 18.2 Å². The molecule has 0 spiro atoms. The van der Waals surface area contributed by atoms with Crippen molar-refractivity contribution >= 4 is 5.91 Å². The second kappa shape index (κ2) is 6.51. The fourth-order valence-electron chi connectivity index (χ4n) is 2.59. The van der Waals surface area contributed by atoms with Crippen molar-refractivity contribution in [3.8, 4) is 5.88 Å². The summed E-state index contributed by atoms with van der Waals surface area (Å²) in [7, 11) is 0. The van der Waals surface area contributed by atoms with Gasteiger partial charge in [0, 0.05) is 30.8 Å². The van der Waals surface area contributed by atoms with Gasteiger partial charge in [-0.2, -0.15) is 13.2 Å². The van der Waals surface area contributed by atoms with Crippen molar-refractivity contribution in [3.63, 3.8) is 0 Å². The summed E-state index contributed by atoms with van der Waals surface area (Å²) in [6, 6.07) is 10.6. The molecule has 1 saturated heterocycles. The zero-order valence-electron chi connectivity index (χ0n) is 12.7. The third-order valence-electron chi connectivity index (χ3n) is 3.80. The molecule has 1 atom stereocenters. The molecule has 24 heavy (non-hydrogen) atoms. The maximum atomic E-state index is 12.7. The van der Waals surface area contributed by atoms with Crippen LogP contribution in [0, 0.1) is 0 Å². The maximum absolute atomic E-state index is 12.7. The lowest BCUT2D eigenvalue weighted by Gasteiger charge is -2.17. The Kier molecular flexibility index (Phi) is 4.42. The summed E-state index contributed by atoms with van der Waals surface area (Å²) in [5, 5.41) is 0. The maximum Gasteiger partial charge on any atom is 0.416 e. The van der Waals surface area contributed by atoms with Gasteiger partial charge in [0.15, 0.2) is 0 Å². The molecule has 1 aromatic heterocycles. The Bertz CT molecular complexity index is 719. The molecule has 0 radical (unpaired) electrons. The number of hydrogen-bond acceptors (Lipinski definition) is 3. The van der Waals surface area contributed by atoms with E-state index in [0.717, 1.165) is 18.3 Å².